The van der Waals surface area contributed by atoms with Gasteiger partial charge in [0.05, 0.1) is 11.1 Å². The number of hydrogen-bond donors (Lipinski definition) is 1. The van der Waals surface area contributed by atoms with Crippen LogP contribution in [0.3, 0.4) is 0 Å². The highest BCUT2D eigenvalue weighted by molar-refractivity contribution is 9.10. The molecule has 1 atom stereocenters. The van der Waals surface area contributed by atoms with Crippen LogP contribution in [0.5, 0.6) is 0 Å². The van der Waals surface area contributed by atoms with Gasteiger partial charge in [0, 0.05) is 11.0 Å². The third-order valence-corrected chi connectivity index (χ3v) is 3.10. The van der Waals surface area contributed by atoms with Crippen molar-refractivity contribution in [3.63, 3.8) is 0 Å². The minimum absolute atomic E-state index is 0.353. The van der Waals surface area contributed by atoms with Crippen LogP contribution in [0.15, 0.2) is 35.3 Å². The van der Waals surface area contributed by atoms with Crippen LogP contribution in [-0.4, -0.2) is 6.54 Å². The van der Waals surface area contributed by atoms with Gasteiger partial charge >= 0.3 is 0 Å². The summed E-state index contributed by atoms with van der Waals surface area (Å²) in [5.41, 5.74) is 0.854. The molecule has 0 fully saturated rings. The average Bonchev–Trinajstić information content (AvgIpc) is 2.24. The minimum Gasteiger partial charge on any atom is -0.295 e. The normalized spacial score (nSPS) is 11.8. The molecule has 15 heavy (non-hydrogen) atoms. The van der Waals surface area contributed by atoms with Crippen molar-refractivity contribution < 1.29 is 0 Å². The van der Waals surface area contributed by atoms with Gasteiger partial charge in [0.2, 0.25) is 0 Å². The second-order valence-electron chi connectivity index (χ2n) is 2.93. The summed E-state index contributed by atoms with van der Waals surface area (Å²) < 4.78 is 0.827. The summed E-state index contributed by atoms with van der Waals surface area (Å²) in [6.07, 6.45) is 1.71. The Morgan fingerprint density at radius 2 is 2.40 bits per heavy atom. The molecule has 4 heteroatoms. The van der Waals surface area contributed by atoms with E-state index in [4.69, 9.17) is 16.9 Å². The molecule has 1 rings (SSSR count). The Bertz CT molecular complexity index is 398. The fraction of sp³-hybridized carbons (Fsp3) is 0.182. The highest BCUT2D eigenvalue weighted by Gasteiger charge is 2.10. The summed E-state index contributed by atoms with van der Waals surface area (Å²) in [6.45, 7) is 4.18. The molecule has 0 heterocycles. The Morgan fingerprint density at radius 3 is 2.93 bits per heavy atom. The van der Waals surface area contributed by atoms with E-state index in [1.807, 2.05) is 12.1 Å². The quantitative estimate of drug-likeness (QED) is 0.860. The lowest BCUT2D eigenvalue weighted by atomic mass is 10.1. The van der Waals surface area contributed by atoms with Gasteiger partial charge in [-0.1, -0.05) is 23.7 Å². The number of rotatable bonds is 4. The molecule has 1 aromatic rings. The van der Waals surface area contributed by atoms with Crippen molar-refractivity contribution in [1.82, 2.24) is 5.32 Å². The molecule has 0 saturated heterocycles. The van der Waals surface area contributed by atoms with E-state index in [-0.39, 0.29) is 6.04 Å². The van der Waals surface area contributed by atoms with Crippen LogP contribution in [-0.2, 0) is 0 Å². The van der Waals surface area contributed by atoms with Gasteiger partial charge in [-0.25, -0.2) is 0 Å². The van der Waals surface area contributed by atoms with Gasteiger partial charge in [0.15, 0.2) is 0 Å². The van der Waals surface area contributed by atoms with E-state index in [9.17, 15) is 0 Å². The first-order chi connectivity index (χ1) is 7.19. The molecule has 1 N–H and O–H groups in total. The van der Waals surface area contributed by atoms with Crippen molar-refractivity contribution in [2.75, 3.05) is 6.54 Å². The van der Waals surface area contributed by atoms with E-state index in [2.05, 4.69) is 33.9 Å². The van der Waals surface area contributed by atoms with Gasteiger partial charge in [0.1, 0.15) is 6.04 Å². The molecule has 2 nitrogen and oxygen atoms in total. The summed E-state index contributed by atoms with van der Waals surface area (Å²) in [5, 5.41) is 12.6. The van der Waals surface area contributed by atoms with Crippen molar-refractivity contribution in [1.29, 1.82) is 5.26 Å². The van der Waals surface area contributed by atoms with Gasteiger partial charge in [-0.15, -0.1) is 6.58 Å². The molecule has 0 spiro atoms. The maximum atomic E-state index is 8.96. The van der Waals surface area contributed by atoms with Crippen LogP contribution in [0.4, 0.5) is 0 Å². The lowest BCUT2D eigenvalue weighted by Gasteiger charge is -2.10. The van der Waals surface area contributed by atoms with Crippen molar-refractivity contribution in [3.05, 3.63) is 45.9 Å². The fourth-order valence-corrected chi connectivity index (χ4v) is 1.57. The van der Waals surface area contributed by atoms with Crippen LogP contribution in [0.1, 0.15) is 11.6 Å². The SMILES string of the molecule is C=CCNC(C#N)c1ccc(Br)c(Cl)c1. The standard InChI is InChI=1S/C11H10BrClN2/c1-2-5-15-11(7-14)8-3-4-9(12)10(13)6-8/h2-4,6,11,15H,1,5H2. The van der Waals surface area contributed by atoms with E-state index < -0.39 is 0 Å². The highest BCUT2D eigenvalue weighted by atomic mass is 79.9. The lowest BCUT2D eigenvalue weighted by molar-refractivity contribution is 0.683. The van der Waals surface area contributed by atoms with E-state index in [1.54, 1.807) is 12.1 Å². The molecule has 0 amide bonds. The molecule has 0 aliphatic heterocycles. The number of benzene rings is 1. The fourth-order valence-electron chi connectivity index (χ4n) is 1.13. The predicted octanol–water partition coefficient (Wildman–Crippen LogP) is 3.44. The summed E-state index contributed by atoms with van der Waals surface area (Å²) in [7, 11) is 0. The lowest BCUT2D eigenvalue weighted by Crippen LogP contribution is -2.19. The van der Waals surface area contributed by atoms with Crippen molar-refractivity contribution >= 4 is 27.5 Å². The van der Waals surface area contributed by atoms with Crippen molar-refractivity contribution in [2.45, 2.75) is 6.04 Å². The maximum Gasteiger partial charge on any atom is 0.121 e. The Labute approximate surface area is 103 Å². The number of halogens is 2. The molecule has 1 unspecified atom stereocenters. The molecular weight excluding hydrogens is 275 g/mol. The maximum absolute atomic E-state index is 8.96. The molecule has 0 saturated carbocycles. The largest absolute Gasteiger partial charge is 0.295 e. The van der Waals surface area contributed by atoms with Crippen LogP contribution < -0.4 is 5.32 Å². The second-order valence-corrected chi connectivity index (χ2v) is 4.19. The summed E-state index contributed by atoms with van der Waals surface area (Å²) >= 11 is 9.25. The van der Waals surface area contributed by atoms with Gasteiger partial charge in [-0.2, -0.15) is 5.26 Å². The molecule has 0 radical (unpaired) electrons. The van der Waals surface area contributed by atoms with Gasteiger partial charge in [0.25, 0.3) is 0 Å². The van der Waals surface area contributed by atoms with E-state index in [0.717, 1.165) is 10.0 Å². The first-order valence-corrected chi connectivity index (χ1v) is 5.55. The second kappa shape index (κ2) is 5.92. The Morgan fingerprint density at radius 1 is 1.67 bits per heavy atom. The summed E-state index contributed by atoms with van der Waals surface area (Å²) in [4.78, 5) is 0. The first kappa shape index (κ1) is 12.3. The smallest absolute Gasteiger partial charge is 0.121 e. The number of nitrogens with zero attached hydrogens (tertiary/aromatic N) is 1. The predicted molar refractivity (Wildman–Crippen MR) is 65.7 cm³/mol. The van der Waals surface area contributed by atoms with E-state index >= 15 is 0 Å². The molecule has 0 aliphatic rings. The Kier molecular flexibility index (Phi) is 4.83. The van der Waals surface area contributed by atoms with E-state index in [0.29, 0.717) is 11.6 Å². The van der Waals surface area contributed by atoms with Crippen molar-refractivity contribution in [2.24, 2.45) is 0 Å². The molecule has 0 aromatic heterocycles. The number of nitriles is 1. The van der Waals surface area contributed by atoms with Crippen LogP contribution >= 0.6 is 27.5 Å². The summed E-state index contributed by atoms with van der Waals surface area (Å²) in [6, 6.07) is 7.28. The highest BCUT2D eigenvalue weighted by Crippen LogP contribution is 2.25. The third-order valence-electron chi connectivity index (χ3n) is 1.87. The zero-order valence-electron chi connectivity index (χ0n) is 8.00. The zero-order chi connectivity index (χ0) is 11.3. The van der Waals surface area contributed by atoms with Gasteiger partial charge < -0.3 is 0 Å². The Balaban J connectivity index is 2.88. The molecule has 0 aliphatic carbocycles. The van der Waals surface area contributed by atoms with Crippen molar-refractivity contribution in [3.8, 4) is 6.07 Å². The Hall–Kier alpha value is -0.820. The average molecular weight is 286 g/mol. The number of nitrogens with one attached hydrogen (secondary N) is 1. The van der Waals surface area contributed by atoms with Crippen LogP contribution in [0, 0.1) is 11.3 Å². The van der Waals surface area contributed by atoms with Crippen LogP contribution in [0.25, 0.3) is 0 Å². The number of hydrogen-bond acceptors (Lipinski definition) is 2. The van der Waals surface area contributed by atoms with Gasteiger partial charge in [-0.05, 0) is 33.6 Å². The monoisotopic (exact) mass is 284 g/mol. The molecule has 78 valence electrons. The first-order valence-electron chi connectivity index (χ1n) is 4.38. The third kappa shape index (κ3) is 3.35. The summed E-state index contributed by atoms with van der Waals surface area (Å²) in [5.74, 6) is 0. The molecule has 0 bridgehead atoms. The molecule has 1 aromatic carbocycles. The molecular formula is C11H10BrClN2. The van der Waals surface area contributed by atoms with Crippen LogP contribution in [0.2, 0.25) is 5.02 Å². The minimum atomic E-state index is -0.353. The topological polar surface area (TPSA) is 35.8 Å². The van der Waals surface area contributed by atoms with Gasteiger partial charge in [-0.3, -0.25) is 5.32 Å². The van der Waals surface area contributed by atoms with E-state index in [1.165, 1.54) is 0 Å². The zero-order valence-corrected chi connectivity index (χ0v) is 10.3.